The molecule has 3 aromatic carbocycles. The van der Waals surface area contributed by atoms with Gasteiger partial charge in [-0.2, -0.15) is 0 Å². The van der Waals surface area contributed by atoms with Crippen LogP contribution in [0.2, 0.25) is 0 Å². The van der Waals surface area contributed by atoms with Crippen LogP contribution in [0, 0.1) is 11.7 Å². The predicted molar refractivity (Wildman–Crippen MR) is 125 cm³/mol. The Hall–Kier alpha value is -3.18. The second-order valence-electron chi connectivity index (χ2n) is 8.32. The van der Waals surface area contributed by atoms with E-state index in [1.54, 1.807) is 19.2 Å². The van der Waals surface area contributed by atoms with Crippen LogP contribution in [0.4, 0.5) is 4.39 Å². The monoisotopic (exact) mass is 432 g/mol. The van der Waals surface area contributed by atoms with Crippen molar-refractivity contribution >= 4 is 5.91 Å². The highest BCUT2D eigenvalue weighted by atomic mass is 19.1. The number of ether oxygens (including phenoxy) is 1. The van der Waals surface area contributed by atoms with Gasteiger partial charge < -0.3 is 10.1 Å². The van der Waals surface area contributed by atoms with E-state index in [2.05, 4.69) is 40.5 Å². The molecule has 1 saturated heterocycles. The molecule has 0 bridgehead atoms. The van der Waals surface area contributed by atoms with Crippen molar-refractivity contribution in [1.82, 2.24) is 10.2 Å². The van der Waals surface area contributed by atoms with Crippen molar-refractivity contribution in [3.8, 4) is 16.9 Å². The van der Waals surface area contributed by atoms with Crippen molar-refractivity contribution < 1.29 is 13.9 Å². The predicted octanol–water partition coefficient (Wildman–Crippen LogP) is 5.03. The molecule has 0 saturated carbocycles. The number of benzene rings is 3. The number of piperidine rings is 1. The third-order valence-electron chi connectivity index (χ3n) is 6.01. The third-order valence-corrected chi connectivity index (χ3v) is 6.01. The average Bonchev–Trinajstić information content (AvgIpc) is 2.84. The molecule has 1 unspecified atom stereocenters. The maximum atomic E-state index is 13.1. The molecule has 0 aliphatic carbocycles. The summed E-state index contributed by atoms with van der Waals surface area (Å²) in [6.45, 7) is 2.97. The molecule has 0 spiro atoms. The summed E-state index contributed by atoms with van der Waals surface area (Å²) < 4.78 is 18.6. The molecule has 4 nitrogen and oxygen atoms in total. The highest BCUT2D eigenvalue weighted by Crippen LogP contribution is 2.30. The van der Waals surface area contributed by atoms with Gasteiger partial charge in [-0.1, -0.05) is 48.5 Å². The number of carbonyl (C=O) groups is 1. The SMILES string of the molecule is COc1ccccc1-c1cccc(CN2CCCC(C(=O)NCc3ccc(F)cc3)C2)c1. The van der Waals surface area contributed by atoms with E-state index in [9.17, 15) is 9.18 Å². The van der Waals surface area contributed by atoms with Crippen molar-refractivity contribution in [1.29, 1.82) is 0 Å². The zero-order chi connectivity index (χ0) is 22.3. The van der Waals surface area contributed by atoms with Crippen LogP contribution in [0.15, 0.2) is 72.8 Å². The number of methoxy groups -OCH3 is 1. The molecule has 1 aliphatic rings. The lowest BCUT2D eigenvalue weighted by Crippen LogP contribution is -2.42. The van der Waals surface area contributed by atoms with E-state index in [0.29, 0.717) is 6.54 Å². The minimum atomic E-state index is -0.266. The molecule has 166 valence electrons. The number of hydrogen-bond acceptors (Lipinski definition) is 3. The molecule has 1 amide bonds. The van der Waals surface area contributed by atoms with E-state index in [4.69, 9.17) is 4.74 Å². The molecule has 3 aromatic rings. The zero-order valence-electron chi connectivity index (χ0n) is 18.4. The van der Waals surface area contributed by atoms with Gasteiger partial charge in [-0.15, -0.1) is 0 Å². The van der Waals surface area contributed by atoms with Crippen LogP contribution >= 0.6 is 0 Å². The van der Waals surface area contributed by atoms with E-state index < -0.39 is 0 Å². The summed E-state index contributed by atoms with van der Waals surface area (Å²) in [4.78, 5) is 15.1. The Morgan fingerprint density at radius 2 is 1.88 bits per heavy atom. The van der Waals surface area contributed by atoms with E-state index in [-0.39, 0.29) is 17.6 Å². The van der Waals surface area contributed by atoms with Gasteiger partial charge in [0, 0.05) is 25.2 Å². The van der Waals surface area contributed by atoms with E-state index in [1.165, 1.54) is 17.7 Å². The maximum absolute atomic E-state index is 13.1. The molecule has 0 aromatic heterocycles. The number of nitrogens with zero attached hydrogens (tertiary/aromatic N) is 1. The largest absolute Gasteiger partial charge is 0.496 e. The lowest BCUT2D eigenvalue weighted by atomic mass is 9.96. The molecule has 32 heavy (non-hydrogen) atoms. The molecule has 1 aliphatic heterocycles. The zero-order valence-corrected chi connectivity index (χ0v) is 18.4. The molecular weight excluding hydrogens is 403 g/mol. The fourth-order valence-corrected chi connectivity index (χ4v) is 4.33. The third kappa shape index (κ3) is 5.54. The van der Waals surface area contributed by atoms with Gasteiger partial charge in [0.2, 0.25) is 5.91 Å². The number of halogens is 1. The Labute approximate surface area is 189 Å². The highest BCUT2D eigenvalue weighted by molar-refractivity contribution is 5.79. The molecule has 1 heterocycles. The van der Waals surface area contributed by atoms with Gasteiger partial charge in [0.05, 0.1) is 13.0 Å². The minimum Gasteiger partial charge on any atom is -0.496 e. The van der Waals surface area contributed by atoms with Crippen LogP contribution in [-0.4, -0.2) is 31.0 Å². The Morgan fingerprint density at radius 1 is 1.06 bits per heavy atom. The van der Waals surface area contributed by atoms with Crippen molar-refractivity contribution in [2.45, 2.75) is 25.9 Å². The summed E-state index contributed by atoms with van der Waals surface area (Å²) in [7, 11) is 1.69. The van der Waals surface area contributed by atoms with Crippen LogP contribution in [0.3, 0.4) is 0 Å². The second kappa shape index (κ2) is 10.4. The van der Waals surface area contributed by atoms with Gasteiger partial charge in [0.1, 0.15) is 11.6 Å². The first kappa shape index (κ1) is 22.0. The van der Waals surface area contributed by atoms with Crippen LogP contribution in [0.1, 0.15) is 24.0 Å². The highest BCUT2D eigenvalue weighted by Gasteiger charge is 2.25. The number of para-hydroxylation sites is 1. The fraction of sp³-hybridized carbons (Fsp3) is 0.296. The summed E-state index contributed by atoms with van der Waals surface area (Å²) in [6.07, 6.45) is 1.90. The summed E-state index contributed by atoms with van der Waals surface area (Å²) in [6, 6.07) is 22.8. The van der Waals surface area contributed by atoms with Gasteiger partial charge in [0.15, 0.2) is 0 Å². The Balaban J connectivity index is 1.36. The molecule has 4 rings (SSSR count). The summed E-state index contributed by atoms with van der Waals surface area (Å²) in [5.74, 6) is 0.640. The van der Waals surface area contributed by atoms with Gasteiger partial charge in [0.25, 0.3) is 0 Å². The molecule has 1 fully saturated rings. The van der Waals surface area contributed by atoms with Crippen LogP contribution in [-0.2, 0) is 17.9 Å². The van der Waals surface area contributed by atoms with E-state index in [1.807, 2.05) is 18.2 Å². The first-order valence-corrected chi connectivity index (χ1v) is 11.1. The fourth-order valence-electron chi connectivity index (χ4n) is 4.33. The Morgan fingerprint density at radius 3 is 2.69 bits per heavy atom. The molecule has 1 atom stereocenters. The lowest BCUT2D eigenvalue weighted by molar-refractivity contribution is -0.126. The molecular formula is C27H29FN2O2. The summed E-state index contributed by atoms with van der Waals surface area (Å²) >= 11 is 0. The standard InChI is InChI=1S/C27H29FN2O2/c1-32-26-10-3-2-9-25(26)22-7-4-6-21(16-22)18-30-15-5-8-23(19-30)27(31)29-17-20-11-13-24(28)14-12-20/h2-4,6-7,9-14,16,23H,5,8,15,17-19H2,1H3,(H,29,31). The van der Waals surface area contributed by atoms with Gasteiger partial charge in [-0.3, -0.25) is 9.69 Å². The van der Waals surface area contributed by atoms with E-state index >= 15 is 0 Å². The number of likely N-dealkylation sites (tertiary alicyclic amines) is 1. The van der Waals surface area contributed by atoms with Crippen molar-refractivity contribution in [3.05, 3.63) is 89.7 Å². The van der Waals surface area contributed by atoms with Gasteiger partial charge >= 0.3 is 0 Å². The Kier molecular flexibility index (Phi) is 7.17. The lowest BCUT2D eigenvalue weighted by Gasteiger charge is -2.32. The number of hydrogen-bond donors (Lipinski definition) is 1. The van der Waals surface area contributed by atoms with Crippen molar-refractivity contribution in [2.24, 2.45) is 5.92 Å². The summed E-state index contributed by atoms with van der Waals surface area (Å²) in [5.41, 5.74) is 4.33. The second-order valence-corrected chi connectivity index (χ2v) is 8.32. The van der Waals surface area contributed by atoms with Gasteiger partial charge in [-0.05, 0) is 60.3 Å². The minimum absolute atomic E-state index is 0.0263. The number of amides is 1. The average molecular weight is 433 g/mol. The van der Waals surface area contributed by atoms with Crippen molar-refractivity contribution in [3.63, 3.8) is 0 Å². The van der Waals surface area contributed by atoms with Gasteiger partial charge in [-0.25, -0.2) is 4.39 Å². The quantitative estimate of drug-likeness (QED) is 0.569. The number of rotatable bonds is 7. The van der Waals surface area contributed by atoms with Crippen LogP contribution in [0.5, 0.6) is 5.75 Å². The molecule has 0 radical (unpaired) electrons. The van der Waals surface area contributed by atoms with Crippen molar-refractivity contribution in [2.75, 3.05) is 20.2 Å². The molecule has 5 heteroatoms. The topological polar surface area (TPSA) is 41.6 Å². The van der Waals surface area contributed by atoms with E-state index in [0.717, 1.165) is 54.9 Å². The first-order chi connectivity index (χ1) is 15.6. The number of nitrogens with one attached hydrogen (secondary N) is 1. The van der Waals surface area contributed by atoms with Crippen LogP contribution < -0.4 is 10.1 Å². The summed E-state index contributed by atoms with van der Waals surface area (Å²) in [5, 5.41) is 3.01. The first-order valence-electron chi connectivity index (χ1n) is 11.1. The molecule has 1 N–H and O–H groups in total. The Bertz CT molecular complexity index is 1050. The maximum Gasteiger partial charge on any atom is 0.224 e. The van der Waals surface area contributed by atoms with Crippen LogP contribution in [0.25, 0.3) is 11.1 Å². The smallest absolute Gasteiger partial charge is 0.224 e. The number of carbonyl (C=O) groups excluding carboxylic acids is 1. The normalized spacial score (nSPS) is 16.5.